The number of likely N-dealkylation sites (N-methyl/N-ethyl adjacent to an activating group) is 1. The number of ether oxygens (including phenoxy) is 5. The molecule has 310 valence electrons. The summed E-state index contributed by atoms with van der Waals surface area (Å²) in [6.45, 7) is 7.25. The van der Waals surface area contributed by atoms with Crippen LogP contribution in [0.15, 0.2) is 22.7 Å². The molecule has 54 heavy (non-hydrogen) atoms. The predicted octanol–water partition coefficient (Wildman–Crippen LogP) is 7.68. The van der Waals surface area contributed by atoms with Crippen molar-refractivity contribution in [2.45, 2.75) is 115 Å². The molecule has 11 atom stereocenters. The van der Waals surface area contributed by atoms with Gasteiger partial charge in [-0.05, 0) is 89.0 Å². The van der Waals surface area contributed by atoms with Crippen LogP contribution in [0.5, 0.6) is 0 Å². The molecule has 0 aromatic heterocycles. The van der Waals surface area contributed by atoms with Gasteiger partial charge in [-0.15, -0.1) is 0 Å². The van der Waals surface area contributed by atoms with Crippen LogP contribution in [0.2, 0.25) is 0 Å². The van der Waals surface area contributed by atoms with Crippen molar-refractivity contribution in [3.8, 4) is 0 Å². The minimum absolute atomic E-state index is 0.00458. The van der Waals surface area contributed by atoms with Gasteiger partial charge < -0.3 is 33.7 Å². The number of aliphatic hydroxyl groups excluding tert-OH is 1. The Bertz CT molecular complexity index is 1400. The van der Waals surface area contributed by atoms with Crippen molar-refractivity contribution in [2.24, 2.45) is 41.4 Å². The second-order valence-electron chi connectivity index (χ2n) is 16.7. The molecule has 11 nitrogen and oxygen atoms in total. The first-order chi connectivity index (χ1) is 25.3. The van der Waals surface area contributed by atoms with Crippen LogP contribution < -0.4 is 0 Å². The van der Waals surface area contributed by atoms with E-state index in [1.165, 1.54) is 0 Å². The van der Waals surface area contributed by atoms with E-state index in [9.17, 15) is 36.7 Å². The number of alkyl halides is 6. The van der Waals surface area contributed by atoms with Gasteiger partial charge in [0.1, 0.15) is 0 Å². The maximum absolute atomic E-state index is 14.5. The first kappa shape index (κ1) is 41.9. The van der Waals surface area contributed by atoms with E-state index in [4.69, 9.17) is 33.5 Å². The molecule has 2 N–H and O–H groups in total. The molecular weight excluding hydrogens is 732 g/mol. The molecule has 2 aliphatic carbocycles. The van der Waals surface area contributed by atoms with Crippen LogP contribution in [0.1, 0.15) is 79.1 Å². The minimum atomic E-state index is -4.97. The van der Waals surface area contributed by atoms with E-state index in [-0.39, 0.29) is 73.7 Å². The third-order valence-corrected chi connectivity index (χ3v) is 13.1. The van der Waals surface area contributed by atoms with Crippen molar-refractivity contribution in [1.29, 1.82) is 0 Å². The average molecular weight is 788 g/mol. The SMILES string of the molecule is C[C@@H]1CCC(/C(COCCN(C)CCOCC2=C(C(F)(F)F)O[C@@H]3OC4(C)CCC5[C@H](C)CC[C@@H]2[C@]53OO4)=C(\O)C(F)(F)F)C2COC(C)(OO)CCC21. The summed E-state index contributed by atoms with van der Waals surface area (Å²) in [4.78, 5) is 18.1. The minimum Gasteiger partial charge on any atom is -0.504 e. The molecule has 7 aliphatic rings. The fourth-order valence-electron chi connectivity index (χ4n) is 9.96. The predicted molar refractivity (Wildman–Crippen MR) is 178 cm³/mol. The third kappa shape index (κ3) is 8.31. The molecule has 5 aliphatic heterocycles. The number of aliphatic hydroxyl groups is 1. The van der Waals surface area contributed by atoms with E-state index in [2.05, 4.69) is 18.7 Å². The molecule has 6 fully saturated rings. The first-order valence-electron chi connectivity index (χ1n) is 19.1. The van der Waals surface area contributed by atoms with Crippen LogP contribution in [0.3, 0.4) is 0 Å². The summed E-state index contributed by atoms with van der Waals surface area (Å²) in [7, 11) is 1.74. The number of hydrogen-bond donors (Lipinski definition) is 2. The molecule has 2 saturated carbocycles. The molecule has 0 radical (unpaired) electrons. The van der Waals surface area contributed by atoms with E-state index in [0.717, 1.165) is 0 Å². The number of rotatable bonds is 12. The van der Waals surface area contributed by atoms with Crippen LogP contribution in [0, 0.1) is 41.4 Å². The lowest BCUT2D eigenvalue weighted by Crippen LogP contribution is -2.67. The Kier molecular flexibility index (Phi) is 12.4. The molecule has 4 saturated heterocycles. The molecule has 0 aromatic rings. The standard InChI is InChI=1S/C37H55F6NO10/c1-21-6-8-24(25-20-49-33(3,52-46)12-10-23(21)25)26(30(45)36(38,39)40)18-47-16-14-44(5)15-17-48-19-27-29-9-7-22(2)28-11-13-34(4)51-32(35(28,29)54-53-34)50-31(27)37(41,42)43/h21-25,28-29,32,45-46H,6-20H2,1-5H3/b30-26-/t21-,22-,23?,24?,25?,28?,29+,32-,33?,34?,35-/m1/s1. The molecular formula is C37H55F6NO10. The molecule has 7 rings (SSSR count). The number of fused-ring (bicyclic) bond motifs is 3. The average Bonchev–Trinajstić information content (AvgIpc) is 3.44. The summed E-state index contributed by atoms with van der Waals surface area (Å²) in [6.07, 6.45) is -6.80. The maximum Gasteiger partial charge on any atom is 0.449 e. The molecule has 0 amide bonds. The van der Waals surface area contributed by atoms with Gasteiger partial charge in [-0.2, -0.15) is 26.3 Å². The largest absolute Gasteiger partial charge is 0.504 e. The highest BCUT2D eigenvalue weighted by Crippen LogP contribution is 2.61. The molecule has 0 aromatic carbocycles. The monoisotopic (exact) mass is 787 g/mol. The Morgan fingerprint density at radius 2 is 1.59 bits per heavy atom. The van der Waals surface area contributed by atoms with Crippen molar-refractivity contribution >= 4 is 0 Å². The Hall–Kier alpha value is -1.70. The lowest BCUT2D eigenvalue weighted by Gasteiger charge is -2.57. The van der Waals surface area contributed by atoms with Crippen LogP contribution in [-0.2, 0) is 38.3 Å². The Balaban J connectivity index is 1.05. The van der Waals surface area contributed by atoms with Gasteiger partial charge in [0.2, 0.25) is 17.8 Å². The van der Waals surface area contributed by atoms with Crippen LogP contribution >= 0.6 is 0 Å². The summed E-state index contributed by atoms with van der Waals surface area (Å²) in [5.74, 6) is -6.75. The summed E-state index contributed by atoms with van der Waals surface area (Å²) < 4.78 is 114. The van der Waals surface area contributed by atoms with E-state index < -0.39 is 65.8 Å². The summed E-state index contributed by atoms with van der Waals surface area (Å²) in [6, 6.07) is 0. The summed E-state index contributed by atoms with van der Waals surface area (Å²) >= 11 is 0. The number of allylic oxidation sites excluding steroid dienone is 2. The topological polar surface area (TPSA) is 118 Å². The Labute approximate surface area is 312 Å². The van der Waals surface area contributed by atoms with E-state index in [0.29, 0.717) is 57.9 Å². The van der Waals surface area contributed by atoms with E-state index in [1.807, 2.05) is 0 Å². The zero-order chi connectivity index (χ0) is 39.3. The molecule has 17 heteroatoms. The van der Waals surface area contributed by atoms with Gasteiger partial charge in [0.05, 0.1) is 33.0 Å². The van der Waals surface area contributed by atoms with E-state index >= 15 is 0 Å². The molecule has 5 heterocycles. The lowest BCUT2D eigenvalue weighted by molar-refractivity contribution is -0.557. The fourth-order valence-corrected chi connectivity index (χ4v) is 9.96. The van der Waals surface area contributed by atoms with Crippen LogP contribution in [-0.4, -0.2) is 104 Å². The Morgan fingerprint density at radius 3 is 2.28 bits per heavy atom. The van der Waals surface area contributed by atoms with Gasteiger partial charge in [0, 0.05) is 48.9 Å². The van der Waals surface area contributed by atoms with Gasteiger partial charge in [0.25, 0.3) is 0 Å². The lowest BCUT2D eigenvalue weighted by atomic mass is 9.59. The van der Waals surface area contributed by atoms with Crippen molar-refractivity contribution in [3.05, 3.63) is 22.7 Å². The highest BCUT2D eigenvalue weighted by atomic mass is 19.4. The summed E-state index contributed by atoms with van der Waals surface area (Å²) in [5, 5.41) is 19.8. The third-order valence-electron chi connectivity index (χ3n) is 13.1. The zero-order valence-corrected chi connectivity index (χ0v) is 31.6. The van der Waals surface area contributed by atoms with Gasteiger partial charge in [-0.1, -0.05) is 13.8 Å². The van der Waals surface area contributed by atoms with Crippen LogP contribution in [0.25, 0.3) is 0 Å². The zero-order valence-electron chi connectivity index (χ0n) is 31.6. The molecule has 6 unspecified atom stereocenters. The maximum atomic E-state index is 14.5. The number of nitrogens with zero attached hydrogens (tertiary/aromatic N) is 1. The smallest absolute Gasteiger partial charge is 0.449 e. The van der Waals surface area contributed by atoms with Gasteiger partial charge in [0.15, 0.2) is 17.1 Å². The summed E-state index contributed by atoms with van der Waals surface area (Å²) in [5.41, 5.74) is -1.50. The van der Waals surface area contributed by atoms with Crippen LogP contribution in [0.4, 0.5) is 26.3 Å². The Morgan fingerprint density at radius 1 is 0.889 bits per heavy atom. The normalized spacial score (nSPS) is 40.4. The second kappa shape index (κ2) is 15.9. The molecule has 2 bridgehead atoms. The quantitative estimate of drug-likeness (QED) is 0.0667. The highest BCUT2D eigenvalue weighted by molar-refractivity contribution is 5.28. The van der Waals surface area contributed by atoms with Gasteiger partial charge in [-0.25, -0.2) is 19.9 Å². The highest BCUT2D eigenvalue weighted by Gasteiger charge is 2.70. The van der Waals surface area contributed by atoms with Gasteiger partial charge in [-0.3, -0.25) is 0 Å². The number of hydrogen-bond acceptors (Lipinski definition) is 11. The fraction of sp³-hybridized carbons (Fsp3) is 0.892. The van der Waals surface area contributed by atoms with Crippen molar-refractivity contribution in [1.82, 2.24) is 4.90 Å². The number of halogens is 6. The van der Waals surface area contributed by atoms with Gasteiger partial charge >= 0.3 is 12.4 Å². The van der Waals surface area contributed by atoms with Crippen molar-refractivity contribution < 1.29 is 75.1 Å². The van der Waals surface area contributed by atoms with Crippen molar-refractivity contribution in [3.63, 3.8) is 0 Å². The van der Waals surface area contributed by atoms with Crippen molar-refractivity contribution in [2.75, 3.05) is 53.2 Å². The molecule has 1 spiro atoms. The van der Waals surface area contributed by atoms with E-state index in [1.54, 1.807) is 25.8 Å². The first-order valence-corrected chi connectivity index (χ1v) is 19.1. The second-order valence-corrected chi connectivity index (χ2v) is 16.7.